The maximum Gasteiger partial charge on any atom is 0.233 e. The molecule has 0 radical (unpaired) electrons. The number of carbonyl (C=O) groups is 1. The molecule has 108 valence electrons. The summed E-state index contributed by atoms with van der Waals surface area (Å²) >= 11 is 0. The van der Waals surface area contributed by atoms with Crippen molar-refractivity contribution in [3.05, 3.63) is 29.8 Å². The molecule has 1 saturated carbocycles. The Labute approximate surface area is 119 Å². The van der Waals surface area contributed by atoms with Gasteiger partial charge in [0.15, 0.2) is 0 Å². The van der Waals surface area contributed by atoms with Gasteiger partial charge in [-0.15, -0.1) is 0 Å². The third kappa shape index (κ3) is 2.18. The lowest BCUT2D eigenvalue weighted by Gasteiger charge is -2.24. The Hall–Kier alpha value is -1.55. The molecule has 3 rings (SSSR count). The molecule has 3 N–H and O–H groups in total. The molecular formula is C16H22N2O2. The average molecular weight is 274 g/mol. The van der Waals surface area contributed by atoms with Gasteiger partial charge in [0, 0.05) is 24.7 Å². The zero-order chi connectivity index (χ0) is 14.3. The van der Waals surface area contributed by atoms with Gasteiger partial charge in [0.2, 0.25) is 5.91 Å². The Morgan fingerprint density at radius 2 is 2.05 bits per heavy atom. The van der Waals surface area contributed by atoms with Crippen molar-refractivity contribution in [3.63, 3.8) is 0 Å². The van der Waals surface area contributed by atoms with Gasteiger partial charge >= 0.3 is 0 Å². The lowest BCUT2D eigenvalue weighted by molar-refractivity contribution is -0.133. The molecule has 0 bridgehead atoms. The fourth-order valence-electron chi connectivity index (χ4n) is 3.22. The summed E-state index contributed by atoms with van der Waals surface area (Å²) in [6.07, 6.45) is 2.41. The van der Waals surface area contributed by atoms with Gasteiger partial charge in [-0.05, 0) is 43.9 Å². The summed E-state index contributed by atoms with van der Waals surface area (Å²) in [4.78, 5) is 14.7. The van der Waals surface area contributed by atoms with E-state index in [1.54, 1.807) is 0 Å². The fraction of sp³-hybridized carbons (Fsp3) is 0.562. The van der Waals surface area contributed by atoms with E-state index in [0.29, 0.717) is 6.54 Å². The van der Waals surface area contributed by atoms with Gasteiger partial charge in [-0.25, -0.2) is 0 Å². The summed E-state index contributed by atoms with van der Waals surface area (Å²) in [5, 5.41) is 9.67. The van der Waals surface area contributed by atoms with Gasteiger partial charge in [-0.3, -0.25) is 4.79 Å². The number of benzene rings is 1. The predicted octanol–water partition coefficient (Wildman–Crippen LogP) is 1.53. The molecule has 0 aromatic heterocycles. The van der Waals surface area contributed by atoms with Crippen molar-refractivity contribution in [1.82, 2.24) is 4.90 Å². The molecule has 1 aromatic rings. The minimum atomic E-state index is -0.334. The molecular weight excluding hydrogens is 252 g/mol. The van der Waals surface area contributed by atoms with Crippen LogP contribution < -0.4 is 5.73 Å². The van der Waals surface area contributed by atoms with Crippen LogP contribution in [0.15, 0.2) is 24.3 Å². The minimum absolute atomic E-state index is 0.223. The van der Waals surface area contributed by atoms with Gasteiger partial charge < -0.3 is 15.7 Å². The quantitative estimate of drug-likeness (QED) is 0.821. The molecule has 2 fully saturated rings. The second-order valence-corrected chi connectivity index (χ2v) is 6.24. The highest BCUT2D eigenvalue weighted by atomic mass is 16.3. The summed E-state index contributed by atoms with van der Waals surface area (Å²) in [6.45, 7) is 3.27. The van der Waals surface area contributed by atoms with Gasteiger partial charge in [-0.2, -0.15) is 0 Å². The number of hydrogen-bond donors (Lipinski definition) is 2. The van der Waals surface area contributed by atoms with Crippen molar-refractivity contribution >= 4 is 11.6 Å². The SMILES string of the molecule is CC(O)C1CCN(C(=O)C2(c3ccc(N)cc3)CC2)C1. The number of aliphatic hydroxyl groups excluding tert-OH is 1. The van der Waals surface area contributed by atoms with Gasteiger partial charge in [0.25, 0.3) is 0 Å². The number of nitrogen functional groups attached to an aromatic ring is 1. The van der Waals surface area contributed by atoms with Crippen LogP contribution in [0.1, 0.15) is 31.7 Å². The molecule has 4 nitrogen and oxygen atoms in total. The molecule has 1 heterocycles. The van der Waals surface area contributed by atoms with Crippen LogP contribution in [0.4, 0.5) is 5.69 Å². The van der Waals surface area contributed by atoms with E-state index in [0.717, 1.165) is 37.1 Å². The standard InChI is InChI=1S/C16H22N2O2/c1-11(19)12-6-9-18(10-12)15(20)16(7-8-16)13-2-4-14(17)5-3-13/h2-5,11-12,19H,6-10,17H2,1H3. The first-order valence-electron chi connectivity index (χ1n) is 7.36. The highest BCUT2D eigenvalue weighted by Gasteiger charge is 2.53. The van der Waals surface area contributed by atoms with Gasteiger partial charge in [0.05, 0.1) is 11.5 Å². The van der Waals surface area contributed by atoms with Gasteiger partial charge in [-0.1, -0.05) is 12.1 Å². The van der Waals surface area contributed by atoms with E-state index in [2.05, 4.69) is 0 Å². The molecule has 2 aliphatic rings. The van der Waals surface area contributed by atoms with Crippen LogP contribution in [0.5, 0.6) is 0 Å². The minimum Gasteiger partial charge on any atom is -0.399 e. The van der Waals surface area contributed by atoms with Crippen molar-refractivity contribution in [2.24, 2.45) is 5.92 Å². The molecule has 1 amide bonds. The Morgan fingerprint density at radius 1 is 1.40 bits per heavy atom. The number of nitrogens with two attached hydrogens (primary N) is 1. The maximum absolute atomic E-state index is 12.8. The Morgan fingerprint density at radius 3 is 2.55 bits per heavy atom. The lowest BCUT2D eigenvalue weighted by Crippen LogP contribution is -2.38. The summed E-state index contributed by atoms with van der Waals surface area (Å²) < 4.78 is 0. The Bertz CT molecular complexity index is 506. The first kappa shape index (κ1) is 13.4. The summed E-state index contributed by atoms with van der Waals surface area (Å²) in [5.74, 6) is 0.451. The van der Waals surface area contributed by atoms with E-state index >= 15 is 0 Å². The van der Waals surface area contributed by atoms with Crippen LogP contribution >= 0.6 is 0 Å². The van der Waals surface area contributed by atoms with Crippen LogP contribution in [0.25, 0.3) is 0 Å². The number of aliphatic hydroxyl groups is 1. The zero-order valence-corrected chi connectivity index (χ0v) is 11.9. The van der Waals surface area contributed by atoms with Gasteiger partial charge in [0.1, 0.15) is 0 Å². The predicted molar refractivity (Wildman–Crippen MR) is 78.1 cm³/mol. The Kier molecular flexibility index (Phi) is 3.21. The number of nitrogens with zero attached hydrogens (tertiary/aromatic N) is 1. The molecule has 1 aliphatic carbocycles. The van der Waals surface area contributed by atoms with E-state index in [4.69, 9.17) is 5.73 Å². The molecule has 20 heavy (non-hydrogen) atoms. The van der Waals surface area contributed by atoms with Crippen molar-refractivity contribution in [1.29, 1.82) is 0 Å². The third-order valence-corrected chi connectivity index (χ3v) is 4.82. The monoisotopic (exact) mass is 274 g/mol. The van der Waals surface area contributed by atoms with Crippen LogP contribution in [0, 0.1) is 5.92 Å². The first-order valence-corrected chi connectivity index (χ1v) is 7.36. The molecule has 2 atom stereocenters. The smallest absolute Gasteiger partial charge is 0.233 e. The lowest BCUT2D eigenvalue weighted by atomic mass is 9.94. The third-order valence-electron chi connectivity index (χ3n) is 4.82. The highest BCUT2D eigenvalue weighted by Crippen LogP contribution is 2.50. The maximum atomic E-state index is 12.8. The molecule has 4 heteroatoms. The molecule has 1 saturated heterocycles. The van der Waals surface area contributed by atoms with Crippen molar-refractivity contribution in [2.75, 3.05) is 18.8 Å². The van der Waals surface area contributed by atoms with E-state index < -0.39 is 0 Å². The molecule has 2 unspecified atom stereocenters. The van der Waals surface area contributed by atoms with Crippen LogP contribution in [0.2, 0.25) is 0 Å². The van der Waals surface area contributed by atoms with Crippen molar-refractivity contribution in [3.8, 4) is 0 Å². The number of anilines is 1. The largest absolute Gasteiger partial charge is 0.399 e. The summed E-state index contributed by atoms with van der Waals surface area (Å²) in [6, 6.07) is 7.68. The van der Waals surface area contributed by atoms with Crippen molar-refractivity contribution in [2.45, 2.75) is 37.7 Å². The number of rotatable bonds is 3. The molecule has 1 aromatic carbocycles. The summed E-state index contributed by atoms with van der Waals surface area (Å²) in [5.41, 5.74) is 7.21. The zero-order valence-electron chi connectivity index (χ0n) is 11.9. The van der Waals surface area contributed by atoms with E-state index in [-0.39, 0.29) is 23.3 Å². The first-order chi connectivity index (χ1) is 9.53. The van der Waals surface area contributed by atoms with E-state index in [9.17, 15) is 9.90 Å². The second kappa shape index (κ2) is 4.77. The van der Waals surface area contributed by atoms with Crippen molar-refractivity contribution < 1.29 is 9.90 Å². The number of carbonyl (C=O) groups excluding carboxylic acids is 1. The highest BCUT2D eigenvalue weighted by molar-refractivity contribution is 5.91. The summed E-state index contributed by atoms with van der Waals surface area (Å²) in [7, 11) is 0. The number of amides is 1. The fourth-order valence-corrected chi connectivity index (χ4v) is 3.22. The van der Waals surface area contributed by atoms with Crippen LogP contribution in [0.3, 0.4) is 0 Å². The second-order valence-electron chi connectivity index (χ2n) is 6.24. The van der Waals surface area contributed by atoms with Crippen LogP contribution in [-0.4, -0.2) is 35.1 Å². The normalized spacial score (nSPS) is 25.5. The number of hydrogen-bond acceptors (Lipinski definition) is 3. The topological polar surface area (TPSA) is 66.6 Å². The van der Waals surface area contributed by atoms with E-state index in [1.807, 2.05) is 36.1 Å². The number of likely N-dealkylation sites (tertiary alicyclic amines) is 1. The molecule has 1 aliphatic heterocycles. The molecule has 0 spiro atoms. The average Bonchev–Trinajstić information content (AvgIpc) is 3.08. The van der Waals surface area contributed by atoms with E-state index in [1.165, 1.54) is 0 Å². The van der Waals surface area contributed by atoms with Crippen LogP contribution in [-0.2, 0) is 10.2 Å². The Balaban J connectivity index is 1.76.